The molecule has 1 aliphatic rings. The first-order valence-electron chi connectivity index (χ1n) is 4.60. The Morgan fingerprint density at radius 1 is 1.53 bits per heavy atom. The van der Waals surface area contributed by atoms with Crippen LogP contribution in [0, 0.1) is 5.92 Å². The van der Waals surface area contributed by atoms with Crippen molar-refractivity contribution in [2.45, 2.75) is 4.90 Å². The van der Waals surface area contributed by atoms with E-state index >= 15 is 0 Å². The number of aromatic nitrogens is 1. The van der Waals surface area contributed by atoms with E-state index in [1.54, 1.807) is 18.3 Å². The molecule has 1 aliphatic heterocycles. The summed E-state index contributed by atoms with van der Waals surface area (Å²) in [6, 6.07) is 3.21. The summed E-state index contributed by atoms with van der Waals surface area (Å²) in [4.78, 5) is 4.09. The lowest BCUT2D eigenvalue weighted by atomic mass is 10.1. The average Bonchev–Trinajstić information content (AvgIpc) is 2.17. The molecule has 4 nitrogen and oxygen atoms in total. The van der Waals surface area contributed by atoms with E-state index in [1.165, 1.54) is 10.5 Å². The van der Waals surface area contributed by atoms with Gasteiger partial charge in [-0.2, -0.15) is 4.31 Å². The first-order valence-corrected chi connectivity index (χ1v) is 7.17. The van der Waals surface area contributed by atoms with Gasteiger partial charge in [0.15, 0.2) is 0 Å². The number of hydrogen-bond donors (Lipinski definition) is 0. The van der Waals surface area contributed by atoms with E-state index in [4.69, 9.17) is 0 Å². The molecule has 2 rings (SSSR count). The third kappa shape index (κ3) is 2.07. The highest BCUT2D eigenvalue weighted by Gasteiger charge is 2.35. The standard InChI is InChI=1S/C9H11BrN2O2S/c10-4-8-6-12(7-8)15(13,14)9-2-1-3-11-5-9/h1-3,5,8H,4,6-7H2. The van der Waals surface area contributed by atoms with Gasteiger partial charge in [-0.25, -0.2) is 8.42 Å². The van der Waals surface area contributed by atoms with E-state index in [0.717, 1.165) is 5.33 Å². The Balaban J connectivity index is 2.16. The van der Waals surface area contributed by atoms with Crippen molar-refractivity contribution in [2.24, 2.45) is 5.92 Å². The third-order valence-electron chi connectivity index (χ3n) is 2.41. The Morgan fingerprint density at radius 2 is 2.27 bits per heavy atom. The highest BCUT2D eigenvalue weighted by Crippen LogP contribution is 2.25. The van der Waals surface area contributed by atoms with Crippen LogP contribution in [0.1, 0.15) is 0 Å². The predicted octanol–water partition coefficient (Wildman–Crippen LogP) is 1.10. The molecule has 0 spiro atoms. The van der Waals surface area contributed by atoms with Crippen molar-refractivity contribution < 1.29 is 8.42 Å². The van der Waals surface area contributed by atoms with Crippen molar-refractivity contribution >= 4 is 26.0 Å². The van der Waals surface area contributed by atoms with Gasteiger partial charge in [-0.05, 0) is 18.1 Å². The predicted molar refractivity (Wildman–Crippen MR) is 60.3 cm³/mol. The molecule has 0 atom stereocenters. The van der Waals surface area contributed by atoms with Crippen molar-refractivity contribution in [1.29, 1.82) is 0 Å². The molecule has 0 N–H and O–H groups in total. The minimum atomic E-state index is -3.30. The second-order valence-electron chi connectivity index (χ2n) is 3.53. The van der Waals surface area contributed by atoms with Gasteiger partial charge in [0.25, 0.3) is 0 Å². The number of sulfonamides is 1. The molecular formula is C9H11BrN2O2S. The maximum atomic E-state index is 11.9. The first kappa shape index (κ1) is 11.0. The zero-order valence-electron chi connectivity index (χ0n) is 8.01. The molecule has 82 valence electrons. The molecule has 1 fully saturated rings. The zero-order valence-corrected chi connectivity index (χ0v) is 10.4. The van der Waals surface area contributed by atoms with Gasteiger partial charge in [-0.15, -0.1) is 0 Å². The van der Waals surface area contributed by atoms with Crippen LogP contribution in [0.5, 0.6) is 0 Å². The molecule has 0 saturated carbocycles. The molecule has 1 aromatic rings. The molecule has 0 amide bonds. The Kier molecular flexibility index (Phi) is 3.08. The quantitative estimate of drug-likeness (QED) is 0.784. The van der Waals surface area contributed by atoms with Crippen molar-refractivity contribution in [2.75, 3.05) is 18.4 Å². The first-order chi connectivity index (χ1) is 7.14. The molecule has 0 aromatic carbocycles. The van der Waals surface area contributed by atoms with Crippen LogP contribution in [0.15, 0.2) is 29.4 Å². The fourth-order valence-electron chi connectivity index (χ4n) is 1.47. The lowest BCUT2D eigenvalue weighted by Gasteiger charge is -2.36. The van der Waals surface area contributed by atoms with Gasteiger partial charge in [0, 0.05) is 30.8 Å². The molecule has 15 heavy (non-hydrogen) atoms. The summed E-state index contributed by atoms with van der Waals surface area (Å²) in [7, 11) is -3.30. The molecule has 6 heteroatoms. The van der Waals surface area contributed by atoms with Crippen molar-refractivity contribution in [3.63, 3.8) is 0 Å². The monoisotopic (exact) mass is 290 g/mol. The number of nitrogens with zero attached hydrogens (tertiary/aromatic N) is 2. The maximum Gasteiger partial charge on any atom is 0.244 e. The van der Waals surface area contributed by atoms with E-state index in [9.17, 15) is 8.42 Å². The zero-order chi connectivity index (χ0) is 10.9. The van der Waals surface area contributed by atoms with Crippen LogP contribution in [0.2, 0.25) is 0 Å². The van der Waals surface area contributed by atoms with Crippen LogP contribution in [-0.2, 0) is 10.0 Å². The van der Waals surface area contributed by atoms with Gasteiger partial charge in [0.2, 0.25) is 10.0 Å². The Hall–Kier alpha value is -0.460. The SMILES string of the molecule is O=S(=O)(c1cccnc1)N1CC(CBr)C1. The number of halogens is 1. The van der Waals surface area contributed by atoms with E-state index in [2.05, 4.69) is 20.9 Å². The van der Waals surface area contributed by atoms with Crippen LogP contribution >= 0.6 is 15.9 Å². The Morgan fingerprint density at radius 3 is 2.80 bits per heavy atom. The van der Waals surface area contributed by atoms with Gasteiger partial charge < -0.3 is 0 Å². The molecule has 1 aromatic heterocycles. The lowest BCUT2D eigenvalue weighted by molar-refractivity contribution is 0.223. The second-order valence-corrected chi connectivity index (χ2v) is 6.12. The number of hydrogen-bond acceptors (Lipinski definition) is 3. The molecule has 0 bridgehead atoms. The smallest absolute Gasteiger partial charge is 0.244 e. The van der Waals surface area contributed by atoms with E-state index in [-0.39, 0.29) is 4.90 Å². The van der Waals surface area contributed by atoms with Crippen molar-refractivity contribution in [1.82, 2.24) is 9.29 Å². The molecule has 0 radical (unpaired) electrons. The summed E-state index contributed by atoms with van der Waals surface area (Å²) in [5.41, 5.74) is 0. The minimum absolute atomic E-state index is 0.276. The van der Waals surface area contributed by atoms with Crippen LogP contribution in [-0.4, -0.2) is 36.1 Å². The summed E-state index contributed by atoms with van der Waals surface area (Å²) in [6.07, 6.45) is 2.95. The largest absolute Gasteiger partial charge is 0.263 e. The topological polar surface area (TPSA) is 50.3 Å². The highest BCUT2D eigenvalue weighted by molar-refractivity contribution is 9.09. The van der Waals surface area contributed by atoms with Crippen molar-refractivity contribution in [3.05, 3.63) is 24.5 Å². The molecular weight excluding hydrogens is 280 g/mol. The highest BCUT2D eigenvalue weighted by atomic mass is 79.9. The summed E-state index contributed by atoms with van der Waals surface area (Å²) in [5, 5.41) is 0.853. The van der Waals surface area contributed by atoms with Gasteiger partial charge in [0.05, 0.1) is 0 Å². The Labute approximate surface area is 97.5 Å². The van der Waals surface area contributed by atoms with Crippen LogP contribution < -0.4 is 0 Å². The second kappa shape index (κ2) is 4.19. The molecule has 0 unspecified atom stereocenters. The summed E-state index contributed by atoms with van der Waals surface area (Å²) < 4.78 is 25.4. The number of rotatable bonds is 3. The van der Waals surface area contributed by atoms with E-state index in [0.29, 0.717) is 19.0 Å². The van der Waals surface area contributed by atoms with Gasteiger partial charge >= 0.3 is 0 Å². The fraction of sp³-hybridized carbons (Fsp3) is 0.444. The van der Waals surface area contributed by atoms with Crippen LogP contribution in [0.4, 0.5) is 0 Å². The van der Waals surface area contributed by atoms with Crippen molar-refractivity contribution in [3.8, 4) is 0 Å². The van der Waals surface area contributed by atoms with Gasteiger partial charge in [-0.1, -0.05) is 15.9 Å². The van der Waals surface area contributed by atoms with Crippen LogP contribution in [0.25, 0.3) is 0 Å². The molecule has 0 aliphatic carbocycles. The van der Waals surface area contributed by atoms with E-state index < -0.39 is 10.0 Å². The van der Waals surface area contributed by atoms with Crippen LogP contribution in [0.3, 0.4) is 0 Å². The number of pyridine rings is 1. The minimum Gasteiger partial charge on any atom is -0.263 e. The summed E-state index contributed by atoms with van der Waals surface area (Å²) in [6.45, 7) is 1.20. The lowest BCUT2D eigenvalue weighted by Crippen LogP contribution is -2.50. The third-order valence-corrected chi connectivity index (χ3v) is 5.14. The summed E-state index contributed by atoms with van der Waals surface area (Å²) in [5.74, 6) is 0.441. The summed E-state index contributed by atoms with van der Waals surface area (Å²) >= 11 is 3.34. The molecule has 2 heterocycles. The maximum absolute atomic E-state index is 11.9. The normalized spacial score (nSPS) is 18.7. The average molecular weight is 291 g/mol. The fourth-order valence-corrected chi connectivity index (χ4v) is 3.43. The number of alkyl halides is 1. The van der Waals surface area contributed by atoms with Gasteiger partial charge in [0.1, 0.15) is 4.90 Å². The Bertz CT molecular complexity index is 429. The molecule has 1 saturated heterocycles. The van der Waals surface area contributed by atoms with Gasteiger partial charge in [-0.3, -0.25) is 4.98 Å². The van der Waals surface area contributed by atoms with E-state index in [1.807, 2.05) is 0 Å².